The maximum atomic E-state index is 7.27. The number of halogens is 1. The first-order valence-electron chi connectivity index (χ1n) is 3.79. The van der Waals surface area contributed by atoms with Gasteiger partial charge in [-0.05, 0) is 18.2 Å². The molecule has 0 aliphatic heterocycles. The summed E-state index contributed by atoms with van der Waals surface area (Å²) in [6, 6.07) is 5.41. The molecule has 0 aliphatic rings. The Morgan fingerprint density at radius 3 is 2.92 bits per heavy atom. The van der Waals surface area contributed by atoms with Crippen LogP contribution >= 0.6 is 11.6 Å². The second kappa shape index (κ2) is 2.78. The molecule has 0 aliphatic carbocycles. The number of benzene rings is 1. The molecular formula is C9H8ClN3. The van der Waals surface area contributed by atoms with E-state index in [4.69, 9.17) is 22.7 Å². The van der Waals surface area contributed by atoms with Crippen molar-refractivity contribution in [3.8, 4) is 0 Å². The fraction of sp³-hybridized carbons (Fsp3) is 0. The zero-order valence-corrected chi connectivity index (χ0v) is 7.52. The Bertz CT molecular complexity index is 473. The van der Waals surface area contributed by atoms with E-state index < -0.39 is 0 Å². The summed E-state index contributed by atoms with van der Waals surface area (Å²) in [6.45, 7) is 0. The van der Waals surface area contributed by atoms with Gasteiger partial charge in [0.05, 0.1) is 10.5 Å². The lowest BCUT2D eigenvalue weighted by Gasteiger charge is -2.00. The maximum absolute atomic E-state index is 7.27. The third kappa shape index (κ3) is 1.27. The van der Waals surface area contributed by atoms with Gasteiger partial charge in [0.25, 0.3) is 0 Å². The quantitative estimate of drug-likeness (QED) is 0.471. The summed E-state index contributed by atoms with van der Waals surface area (Å²) in [5, 5.41) is 8.83. The highest BCUT2D eigenvalue weighted by atomic mass is 35.5. The summed E-state index contributed by atoms with van der Waals surface area (Å²) in [5.41, 5.74) is 6.89. The lowest BCUT2D eigenvalue weighted by atomic mass is 10.1. The first-order valence-corrected chi connectivity index (χ1v) is 4.17. The van der Waals surface area contributed by atoms with Crippen molar-refractivity contribution >= 4 is 28.3 Å². The van der Waals surface area contributed by atoms with Crippen molar-refractivity contribution in [2.75, 3.05) is 0 Å². The van der Waals surface area contributed by atoms with Gasteiger partial charge in [-0.25, -0.2) is 0 Å². The number of nitrogens with two attached hydrogens (primary N) is 1. The largest absolute Gasteiger partial charge is 0.384 e. The summed E-state index contributed by atoms with van der Waals surface area (Å²) in [6.07, 6.45) is 1.81. The van der Waals surface area contributed by atoms with E-state index in [9.17, 15) is 0 Å². The van der Waals surface area contributed by atoms with Crippen molar-refractivity contribution in [2.45, 2.75) is 0 Å². The van der Waals surface area contributed by atoms with Crippen molar-refractivity contribution in [3.63, 3.8) is 0 Å². The second-order valence-electron chi connectivity index (χ2n) is 2.81. The monoisotopic (exact) mass is 193 g/mol. The minimum absolute atomic E-state index is 0.0324. The fourth-order valence-electron chi connectivity index (χ4n) is 1.28. The molecule has 3 nitrogen and oxygen atoms in total. The Labute approximate surface area is 80.0 Å². The molecule has 66 valence electrons. The Balaban J connectivity index is 2.77. The average molecular weight is 194 g/mol. The molecular weight excluding hydrogens is 186 g/mol. The van der Waals surface area contributed by atoms with Gasteiger partial charge in [-0.15, -0.1) is 0 Å². The molecule has 1 aromatic carbocycles. The van der Waals surface area contributed by atoms with E-state index in [-0.39, 0.29) is 5.84 Å². The highest BCUT2D eigenvalue weighted by molar-refractivity contribution is 6.35. The zero-order valence-electron chi connectivity index (χ0n) is 6.76. The predicted molar refractivity (Wildman–Crippen MR) is 54.3 cm³/mol. The summed E-state index contributed by atoms with van der Waals surface area (Å²) >= 11 is 5.96. The highest BCUT2D eigenvalue weighted by Gasteiger charge is 2.04. The lowest BCUT2D eigenvalue weighted by molar-refractivity contribution is 1.43. The molecule has 0 saturated heterocycles. The summed E-state index contributed by atoms with van der Waals surface area (Å²) < 4.78 is 0. The number of aromatic amines is 1. The van der Waals surface area contributed by atoms with E-state index in [1.54, 1.807) is 12.3 Å². The number of H-pyrrole nitrogens is 1. The zero-order chi connectivity index (χ0) is 9.42. The second-order valence-corrected chi connectivity index (χ2v) is 3.22. The molecule has 0 saturated carbocycles. The van der Waals surface area contributed by atoms with E-state index in [1.807, 2.05) is 12.1 Å². The maximum Gasteiger partial charge on any atom is 0.122 e. The number of aromatic nitrogens is 1. The number of rotatable bonds is 1. The van der Waals surface area contributed by atoms with Gasteiger partial charge in [0, 0.05) is 17.1 Å². The molecule has 0 spiro atoms. The van der Waals surface area contributed by atoms with Crippen LogP contribution in [0.2, 0.25) is 5.02 Å². The predicted octanol–water partition coefficient (Wildman–Crippen LogP) is 2.11. The van der Waals surface area contributed by atoms with Crippen LogP contribution in [0.25, 0.3) is 10.9 Å². The molecule has 2 aromatic rings. The van der Waals surface area contributed by atoms with Crippen molar-refractivity contribution in [1.29, 1.82) is 5.41 Å². The third-order valence-corrected chi connectivity index (χ3v) is 2.22. The van der Waals surface area contributed by atoms with Crippen LogP contribution < -0.4 is 5.73 Å². The molecule has 4 N–H and O–H groups in total. The Morgan fingerprint density at radius 2 is 2.23 bits per heavy atom. The van der Waals surface area contributed by atoms with E-state index in [1.165, 1.54) is 0 Å². The van der Waals surface area contributed by atoms with Gasteiger partial charge in [-0.1, -0.05) is 11.6 Å². The van der Waals surface area contributed by atoms with Gasteiger partial charge in [0.15, 0.2) is 0 Å². The van der Waals surface area contributed by atoms with Crippen molar-refractivity contribution in [1.82, 2.24) is 4.98 Å². The molecule has 0 fully saturated rings. The van der Waals surface area contributed by atoms with Crippen LogP contribution in [0.15, 0.2) is 24.4 Å². The average Bonchev–Trinajstić information content (AvgIpc) is 2.51. The van der Waals surface area contributed by atoms with Crippen molar-refractivity contribution in [2.24, 2.45) is 5.73 Å². The van der Waals surface area contributed by atoms with Crippen LogP contribution in [0.1, 0.15) is 5.56 Å². The van der Waals surface area contributed by atoms with Crippen molar-refractivity contribution < 1.29 is 0 Å². The molecule has 0 atom stereocenters. The number of fused-ring (bicyclic) bond motifs is 1. The van der Waals surface area contributed by atoms with Gasteiger partial charge in [-0.2, -0.15) is 0 Å². The number of nitrogen functional groups attached to an aromatic ring is 1. The molecule has 2 rings (SSSR count). The summed E-state index contributed by atoms with van der Waals surface area (Å²) in [4.78, 5) is 3.01. The number of nitrogens with one attached hydrogen (secondary N) is 2. The standard InChI is InChI=1S/C9H8ClN3/c10-7-4-6(9(11)12)3-5-1-2-13-8(5)7/h1-4,13H,(H3,11,12). The SMILES string of the molecule is N=C(N)c1cc(Cl)c2[nH]ccc2c1. The smallest absolute Gasteiger partial charge is 0.122 e. The molecule has 1 aromatic heterocycles. The van der Waals surface area contributed by atoms with Crippen LogP contribution in [-0.2, 0) is 0 Å². The Hall–Kier alpha value is -1.48. The minimum atomic E-state index is 0.0324. The van der Waals surface area contributed by atoms with E-state index in [2.05, 4.69) is 4.98 Å². The van der Waals surface area contributed by atoms with Gasteiger partial charge >= 0.3 is 0 Å². The van der Waals surface area contributed by atoms with Crippen LogP contribution in [-0.4, -0.2) is 10.8 Å². The molecule has 0 amide bonds. The van der Waals surface area contributed by atoms with E-state index in [0.29, 0.717) is 10.6 Å². The third-order valence-electron chi connectivity index (χ3n) is 1.92. The summed E-state index contributed by atoms with van der Waals surface area (Å²) in [7, 11) is 0. The lowest BCUT2D eigenvalue weighted by Crippen LogP contribution is -2.10. The Kier molecular flexibility index (Phi) is 1.74. The first kappa shape index (κ1) is 8.13. The minimum Gasteiger partial charge on any atom is -0.384 e. The molecule has 0 radical (unpaired) electrons. The molecule has 0 bridgehead atoms. The first-order chi connectivity index (χ1) is 6.18. The van der Waals surface area contributed by atoms with E-state index >= 15 is 0 Å². The highest BCUT2D eigenvalue weighted by Crippen LogP contribution is 2.23. The van der Waals surface area contributed by atoms with Gasteiger partial charge in [0.2, 0.25) is 0 Å². The number of hydrogen-bond donors (Lipinski definition) is 3. The van der Waals surface area contributed by atoms with Crippen LogP contribution in [0.3, 0.4) is 0 Å². The van der Waals surface area contributed by atoms with Gasteiger partial charge < -0.3 is 10.7 Å². The van der Waals surface area contributed by atoms with Gasteiger partial charge in [0.1, 0.15) is 5.84 Å². The normalized spacial score (nSPS) is 10.5. The van der Waals surface area contributed by atoms with Gasteiger partial charge in [-0.3, -0.25) is 5.41 Å². The molecule has 13 heavy (non-hydrogen) atoms. The Morgan fingerprint density at radius 1 is 1.46 bits per heavy atom. The van der Waals surface area contributed by atoms with Crippen LogP contribution in [0, 0.1) is 5.41 Å². The fourth-order valence-corrected chi connectivity index (χ4v) is 1.56. The van der Waals surface area contributed by atoms with Crippen molar-refractivity contribution in [3.05, 3.63) is 35.0 Å². The van der Waals surface area contributed by atoms with Crippen LogP contribution in [0.5, 0.6) is 0 Å². The van der Waals surface area contributed by atoms with E-state index in [0.717, 1.165) is 10.9 Å². The molecule has 0 unspecified atom stereocenters. The number of hydrogen-bond acceptors (Lipinski definition) is 1. The molecule has 4 heteroatoms. The summed E-state index contributed by atoms with van der Waals surface area (Å²) in [5.74, 6) is 0.0324. The topological polar surface area (TPSA) is 65.7 Å². The number of amidine groups is 1. The molecule has 1 heterocycles. The van der Waals surface area contributed by atoms with Crippen LogP contribution in [0.4, 0.5) is 0 Å².